The SMILES string of the molecule is O=C(O)C[C@H](NC(=O)NCc1ccc(Br)s1)C(=O)O. The molecule has 9 heteroatoms. The number of urea groups is 1. The van der Waals surface area contributed by atoms with E-state index in [-0.39, 0.29) is 6.54 Å². The summed E-state index contributed by atoms with van der Waals surface area (Å²) in [5, 5.41) is 21.8. The van der Waals surface area contributed by atoms with Gasteiger partial charge in [0.2, 0.25) is 0 Å². The Labute approximate surface area is 120 Å². The molecule has 0 spiro atoms. The maximum atomic E-state index is 11.4. The number of rotatable bonds is 6. The molecule has 1 heterocycles. The van der Waals surface area contributed by atoms with E-state index in [1.54, 1.807) is 6.07 Å². The number of carboxylic acid groups (broad SMARTS) is 2. The highest BCUT2D eigenvalue weighted by molar-refractivity contribution is 9.11. The lowest BCUT2D eigenvalue weighted by atomic mass is 10.2. The number of carbonyl (C=O) groups excluding carboxylic acids is 1. The third-order valence-corrected chi connectivity index (χ3v) is 3.66. The summed E-state index contributed by atoms with van der Waals surface area (Å²) in [5.74, 6) is -2.69. The van der Waals surface area contributed by atoms with Crippen LogP contribution in [0, 0.1) is 0 Å². The van der Waals surface area contributed by atoms with Gasteiger partial charge >= 0.3 is 18.0 Å². The first kappa shape index (κ1) is 15.4. The van der Waals surface area contributed by atoms with E-state index in [1.807, 2.05) is 6.07 Å². The number of thiophene rings is 1. The van der Waals surface area contributed by atoms with Crippen molar-refractivity contribution in [3.05, 3.63) is 20.8 Å². The predicted octanol–water partition coefficient (Wildman–Crippen LogP) is 1.24. The third-order valence-electron chi connectivity index (χ3n) is 2.03. The van der Waals surface area contributed by atoms with Crippen LogP contribution in [0.15, 0.2) is 15.9 Å². The van der Waals surface area contributed by atoms with E-state index in [2.05, 4.69) is 26.6 Å². The fourth-order valence-electron chi connectivity index (χ4n) is 1.20. The summed E-state index contributed by atoms with van der Waals surface area (Å²) in [5.41, 5.74) is 0. The van der Waals surface area contributed by atoms with Gasteiger partial charge in [-0.1, -0.05) is 0 Å². The van der Waals surface area contributed by atoms with Crippen molar-refractivity contribution in [3.63, 3.8) is 0 Å². The van der Waals surface area contributed by atoms with E-state index < -0.39 is 30.4 Å². The van der Waals surface area contributed by atoms with Crippen molar-refractivity contribution in [1.29, 1.82) is 0 Å². The second-order valence-corrected chi connectivity index (χ2v) is 6.07. The Balaban J connectivity index is 2.44. The van der Waals surface area contributed by atoms with Crippen molar-refractivity contribution in [2.75, 3.05) is 0 Å². The molecule has 7 nitrogen and oxygen atoms in total. The number of halogens is 1. The van der Waals surface area contributed by atoms with Gasteiger partial charge in [0.15, 0.2) is 0 Å². The van der Waals surface area contributed by atoms with E-state index in [9.17, 15) is 14.4 Å². The average molecular weight is 351 g/mol. The Morgan fingerprint density at radius 1 is 1.32 bits per heavy atom. The van der Waals surface area contributed by atoms with Gasteiger partial charge < -0.3 is 20.8 Å². The molecule has 0 saturated carbocycles. The molecule has 0 aliphatic heterocycles. The van der Waals surface area contributed by atoms with Crippen LogP contribution in [-0.2, 0) is 16.1 Å². The minimum Gasteiger partial charge on any atom is -0.481 e. The highest BCUT2D eigenvalue weighted by atomic mass is 79.9. The van der Waals surface area contributed by atoms with Crippen LogP contribution in [0.5, 0.6) is 0 Å². The van der Waals surface area contributed by atoms with Gasteiger partial charge in [-0.05, 0) is 28.1 Å². The smallest absolute Gasteiger partial charge is 0.326 e. The summed E-state index contributed by atoms with van der Waals surface area (Å²) in [6, 6.07) is 1.45. The molecule has 0 unspecified atom stereocenters. The van der Waals surface area contributed by atoms with Crippen LogP contribution < -0.4 is 10.6 Å². The molecule has 4 N–H and O–H groups in total. The molecule has 1 aromatic heterocycles. The maximum Gasteiger partial charge on any atom is 0.326 e. The molecule has 0 aliphatic carbocycles. The summed E-state index contributed by atoms with van der Waals surface area (Å²) >= 11 is 4.70. The van der Waals surface area contributed by atoms with Gasteiger partial charge in [-0.3, -0.25) is 4.79 Å². The summed E-state index contributed by atoms with van der Waals surface area (Å²) in [6.07, 6.45) is -0.673. The Kier molecular flexibility index (Phi) is 5.77. The topological polar surface area (TPSA) is 116 Å². The third kappa shape index (κ3) is 5.71. The normalized spacial score (nSPS) is 11.6. The van der Waals surface area contributed by atoms with Crippen molar-refractivity contribution in [3.8, 4) is 0 Å². The molecule has 19 heavy (non-hydrogen) atoms. The number of nitrogens with one attached hydrogen (secondary N) is 2. The fourth-order valence-corrected chi connectivity index (χ4v) is 2.62. The molecule has 0 saturated heterocycles. The zero-order chi connectivity index (χ0) is 14.4. The van der Waals surface area contributed by atoms with Gasteiger partial charge in [0.1, 0.15) is 6.04 Å². The van der Waals surface area contributed by atoms with Crippen LogP contribution in [0.3, 0.4) is 0 Å². The molecule has 1 atom stereocenters. The Bertz CT molecular complexity index is 490. The van der Waals surface area contributed by atoms with Gasteiger partial charge in [-0.2, -0.15) is 0 Å². The molecular weight excluding hydrogens is 340 g/mol. The molecule has 1 aromatic rings. The largest absolute Gasteiger partial charge is 0.481 e. The molecule has 0 fully saturated rings. The molecular formula is C10H11BrN2O5S. The standard InChI is InChI=1S/C10H11BrN2O5S/c11-7-2-1-5(19-7)4-12-10(18)13-6(9(16)17)3-8(14)15/h1-2,6H,3-4H2,(H,14,15)(H,16,17)(H2,12,13,18)/t6-/m0/s1. The number of carbonyl (C=O) groups is 3. The van der Waals surface area contributed by atoms with E-state index in [4.69, 9.17) is 10.2 Å². The maximum absolute atomic E-state index is 11.4. The van der Waals surface area contributed by atoms with Gasteiger partial charge in [0.05, 0.1) is 16.8 Å². The monoisotopic (exact) mass is 350 g/mol. The number of amides is 2. The van der Waals surface area contributed by atoms with Crippen molar-refractivity contribution in [1.82, 2.24) is 10.6 Å². The Morgan fingerprint density at radius 3 is 2.47 bits per heavy atom. The Morgan fingerprint density at radius 2 is 2.00 bits per heavy atom. The van der Waals surface area contributed by atoms with Gasteiger partial charge in [-0.15, -0.1) is 11.3 Å². The summed E-state index contributed by atoms with van der Waals surface area (Å²) in [6.45, 7) is 0.238. The zero-order valence-electron chi connectivity index (χ0n) is 9.55. The number of carboxylic acids is 2. The highest BCUT2D eigenvalue weighted by Gasteiger charge is 2.22. The second-order valence-electron chi connectivity index (χ2n) is 3.52. The van der Waals surface area contributed by atoms with Crippen LogP contribution in [0.4, 0.5) is 4.79 Å². The lowest BCUT2D eigenvalue weighted by Gasteiger charge is -2.12. The lowest BCUT2D eigenvalue weighted by Crippen LogP contribution is -2.46. The van der Waals surface area contributed by atoms with E-state index >= 15 is 0 Å². The summed E-state index contributed by atoms with van der Waals surface area (Å²) in [4.78, 5) is 33.5. The second kappa shape index (κ2) is 7.10. The van der Waals surface area contributed by atoms with Crippen molar-refractivity contribution < 1.29 is 24.6 Å². The number of hydrogen-bond donors (Lipinski definition) is 4. The molecule has 2 amide bonds. The molecule has 0 radical (unpaired) electrons. The van der Waals surface area contributed by atoms with Crippen molar-refractivity contribution >= 4 is 45.2 Å². The first-order valence-electron chi connectivity index (χ1n) is 5.11. The zero-order valence-corrected chi connectivity index (χ0v) is 12.0. The van der Waals surface area contributed by atoms with Crippen molar-refractivity contribution in [2.45, 2.75) is 19.0 Å². The van der Waals surface area contributed by atoms with Gasteiger partial charge in [0.25, 0.3) is 0 Å². The van der Waals surface area contributed by atoms with Crippen LogP contribution in [0.1, 0.15) is 11.3 Å². The molecule has 0 aromatic carbocycles. The summed E-state index contributed by atoms with van der Waals surface area (Å²) < 4.78 is 0.916. The van der Waals surface area contributed by atoms with Crippen LogP contribution in [0.25, 0.3) is 0 Å². The van der Waals surface area contributed by atoms with Crippen LogP contribution in [-0.4, -0.2) is 34.2 Å². The van der Waals surface area contributed by atoms with E-state index in [0.717, 1.165) is 8.66 Å². The minimum atomic E-state index is -1.45. The molecule has 1 rings (SSSR count). The van der Waals surface area contributed by atoms with Crippen molar-refractivity contribution in [2.24, 2.45) is 0 Å². The number of hydrogen-bond acceptors (Lipinski definition) is 4. The minimum absolute atomic E-state index is 0.238. The molecule has 0 bridgehead atoms. The van der Waals surface area contributed by atoms with E-state index in [0.29, 0.717) is 0 Å². The van der Waals surface area contributed by atoms with Crippen LogP contribution in [0.2, 0.25) is 0 Å². The highest BCUT2D eigenvalue weighted by Crippen LogP contribution is 2.21. The van der Waals surface area contributed by atoms with Gasteiger partial charge in [-0.25, -0.2) is 9.59 Å². The predicted molar refractivity (Wildman–Crippen MR) is 71.1 cm³/mol. The molecule has 104 valence electrons. The first-order valence-corrected chi connectivity index (χ1v) is 6.72. The molecule has 0 aliphatic rings. The fraction of sp³-hybridized carbons (Fsp3) is 0.300. The average Bonchev–Trinajstić information content (AvgIpc) is 2.71. The van der Waals surface area contributed by atoms with Crippen LogP contribution >= 0.6 is 27.3 Å². The van der Waals surface area contributed by atoms with E-state index in [1.165, 1.54) is 11.3 Å². The summed E-state index contributed by atoms with van der Waals surface area (Å²) in [7, 11) is 0. The number of aliphatic carboxylic acids is 2. The quantitative estimate of drug-likeness (QED) is 0.615. The lowest BCUT2D eigenvalue weighted by molar-refractivity contribution is -0.145. The van der Waals surface area contributed by atoms with Gasteiger partial charge in [0, 0.05) is 4.88 Å². The first-order chi connectivity index (χ1) is 8.88. The Hall–Kier alpha value is -1.61.